The van der Waals surface area contributed by atoms with E-state index < -0.39 is 5.97 Å². The van der Waals surface area contributed by atoms with Crippen LogP contribution in [-0.4, -0.2) is 24.1 Å². The highest BCUT2D eigenvalue weighted by Gasteiger charge is 2.08. The molecule has 0 saturated heterocycles. The fourth-order valence-corrected chi connectivity index (χ4v) is 1.68. The summed E-state index contributed by atoms with van der Waals surface area (Å²) in [4.78, 5) is 22.0. The predicted molar refractivity (Wildman–Crippen MR) is 72.5 cm³/mol. The summed E-state index contributed by atoms with van der Waals surface area (Å²) in [6, 6.07) is 5.53. The monoisotopic (exact) mass is 265 g/mol. The summed E-state index contributed by atoms with van der Waals surface area (Å²) >= 11 is 0. The van der Waals surface area contributed by atoms with Crippen molar-refractivity contribution < 1.29 is 19.4 Å². The Kier molecular flexibility index (Phi) is 5.85. The van der Waals surface area contributed by atoms with E-state index >= 15 is 0 Å². The molecule has 1 amide bonds. The van der Waals surface area contributed by atoms with Crippen LogP contribution in [0.5, 0.6) is 5.75 Å². The second-order valence-electron chi connectivity index (χ2n) is 4.35. The number of ether oxygens (including phenoxy) is 1. The Hall–Kier alpha value is -2.04. The number of aryl methyl sites for hydroxylation is 1. The molecule has 0 bridgehead atoms. The Balaban J connectivity index is 2.46. The Morgan fingerprint density at radius 3 is 2.58 bits per heavy atom. The van der Waals surface area contributed by atoms with Crippen molar-refractivity contribution in [2.75, 3.05) is 12.4 Å². The number of benzene rings is 1. The second kappa shape index (κ2) is 7.41. The molecule has 0 aliphatic rings. The number of nitrogens with one attached hydrogen (secondary N) is 1. The van der Waals surface area contributed by atoms with Crippen molar-refractivity contribution in [2.24, 2.45) is 0 Å². The van der Waals surface area contributed by atoms with E-state index in [1.165, 1.54) is 0 Å². The summed E-state index contributed by atoms with van der Waals surface area (Å²) in [5.74, 6) is -0.341. The van der Waals surface area contributed by atoms with E-state index in [1.807, 2.05) is 19.1 Å². The first kappa shape index (κ1) is 15.0. The normalized spacial score (nSPS) is 10.0. The molecular formula is C14H19NO4. The minimum atomic E-state index is -0.833. The molecule has 0 aliphatic heterocycles. The number of carbonyl (C=O) groups is 2. The number of amides is 1. The smallest absolute Gasteiger partial charge is 0.303 e. The number of hydrogen-bond donors (Lipinski definition) is 2. The molecule has 0 unspecified atom stereocenters. The summed E-state index contributed by atoms with van der Waals surface area (Å²) < 4.78 is 5.19. The first-order chi connectivity index (χ1) is 9.02. The molecule has 2 N–H and O–H groups in total. The van der Waals surface area contributed by atoms with Gasteiger partial charge >= 0.3 is 5.97 Å². The number of methoxy groups -OCH3 is 1. The number of carbonyl (C=O) groups excluding carboxylic acids is 1. The van der Waals surface area contributed by atoms with E-state index in [0.717, 1.165) is 5.56 Å². The topological polar surface area (TPSA) is 75.6 Å². The van der Waals surface area contributed by atoms with Gasteiger partial charge in [-0.3, -0.25) is 9.59 Å². The van der Waals surface area contributed by atoms with Crippen LogP contribution in [0.15, 0.2) is 18.2 Å². The molecule has 19 heavy (non-hydrogen) atoms. The van der Waals surface area contributed by atoms with Gasteiger partial charge in [0, 0.05) is 12.8 Å². The zero-order chi connectivity index (χ0) is 14.3. The highest BCUT2D eigenvalue weighted by molar-refractivity contribution is 5.92. The van der Waals surface area contributed by atoms with Gasteiger partial charge in [0.05, 0.1) is 12.8 Å². The van der Waals surface area contributed by atoms with Crippen LogP contribution in [0.25, 0.3) is 0 Å². The van der Waals surface area contributed by atoms with Crippen molar-refractivity contribution in [1.82, 2.24) is 0 Å². The lowest BCUT2D eigenvalue weighted by molar-refractivity contribution is -0.137. The first-order valence-electron chi connectivity index (χ1n) is 6.19. The van der Waals surface area contributed by atoms with E-state index in [4.69, 9.17) is 9.84 Å². The standard InChI is InChI=1S/C14H19NO4/c1-10-7-8-11(12(9-10)19-2)15-13(16)5-3-4-6-14(17)18/h7-9H,3-6H2,1-2H3,(H,15,16)(H,17,18). The molecule has 104 valence electrons. The van der Waals surface area contributed by atoms with Gasteiger partial charge in [-0.1, -0.05) is 6.07 Å². The maximum absolute atomic E-state index is 11.7. The number of anilines is 1. The summed E-state index contributed by atoms with van der Waals surface area (Å²) in [5, 5.41) is 11.3. The molecule has 1 aromatic rings. The maximum Gasteiger partial charge on any atom is 0.303 e. The summed E-state index contributed by atoms with van der Waals surface area (Å²) in [6.07, 6.45) is 1.48. The van der Waals surface area contributed by atoms with Gasteiger partial charge in [0.1, 0.15) is 5.75 Å². The van der Waals surface area contributed by atoms with Crippen LogP contribution in [-0.2, 0) is 9.59 Å². The van der Waals surface area contributed by atoms with Crippen LogP contribution < -0.4 is 10.1 Å². The summed E-state index contributed by atoms with van der Waals surface area (Å²) in [5.41, 5.74) is 1.69. The fraction of sp³-hybridized carbons (Fsp3) is 0.429. The molecule has 1 rings (SSSR count). The van der Waals surface area contributed by atoms with Crippen molar-refractivity contribution in [1.29, 1.82) is 0 Å². The van der Waals surface area contributed by atoms with Crippen LogP contribution in [0.4, 0.5) is 5.69 Å². The fourth-order valence-electron chi connectivity index (χ4n) is 1.68. The van der Waals surface area contributed by atoms with Gasteiger partial charge in [0.2, 0.25) is 5.91 Å². The van der Waals surface area contributed by atoms with Gasteiger partial charge in [0.15, 0.2) is 0 Å². The Morgan fingerprint density at radius 1 is 1.26 bits per heavy atom. The second-order valence-corrected chi connectivity index (χ2v) is 4.35. The van der Waals surface area contributed by atoms with Crippen LogP contribution >= 0.6 is 0 Å². The van der Waals surface area contributed by atoms with Crippen LogP contribution in [0.1, 0.15) is 31.2 Å². The largest absolute Gasteiger partial charge is 0.495 e. The highest BCUT2D eigenvalue weighted by Crippen LogP contribution is 2.25. The zero-order valence-corrected chi connectivity index (χ0v) is 11.2. The van der Waals surface area contributed by atoms with E-state index in [-0.39, 0.29) is 12.3 Å². The molecule has 5 nitrogen and oxygen atoms in total. The number of carboxylic acid groups (broad SMARTS) is 1. The lowest BCUT2D eigenvalue weighted by Gasteiger charge is -2.10. The zero-order valence-electron chi connectivity index (χ0n) is 11.2. The molecule has 0 aromatic heterocycles. The van der Waals surface area contributed by atoms with Gasteiger partial charge in [-0.05, 0) is 37.5 Å². The highest BCUT2D eigenvalue weighted by atomic mass is 16.5. The van der Waals surface area contributed by atoms with Crippen LogP contribution in [0.2, 0.25) is 0 Å². The van der Waals surface area contributed by atoms with Crippen LogP contribution in [0.3, 0.4) is 0 Å². The average Bonchev–Trinajstić information content (AvgIpc) is 2.36. The lowest BCUT2D eigenvalue weighted by Crippen LogP contribution is -2.12. The maximum atomic E-state index is 11.7. The van der Waals surface area contributed by atoms with Crippen LogP contribution in [0, 0.1) is 6.92 Å². The molecule has 0 radical (unpaired) electrons. The predicted octanol–water partition coefficient (Wildman–Crippen LogP) is 2.59. The molecule has 0 fully saturated rings. The van der Waals surface area contributed by atoms with E-state index in [9.17, 15) is 9.59 Å². The number of aliphatic carboxylic acids is 1. The van der Waals surface area contributed by atoms with Gasteiger partial charge in [0.25, 0.3) is 0 Å². The SMILES string of the molecule is COc1cc(C)ccc1NC(=O)CCCCC(=O)O. The Bertz CT molecular complexity index is 457. The molecule has 0 atom stereocenters. The van der Waals surface area contributed by atoms with E-state index in [1.54, 1.807) is 13.2 Å². The molecular weight excluding hydrogens is 246 g/mol. The number of unbranched alkanes of at least 4 members (excludes halogenated alkanes) is 1. The van der Waals surface area contributed by atoms with Crippen molar-refractivity contribution in [3.05, 3.63) is 23.8 Å². The Morgan fingerprint density at radius 2 is 1.95 bits per heavy atom. The van der Waals surface area contributed by atoms with Crippen molar-refractivity contribution in [3.63, 3.8) is 0 Å². The molecule has 0 saturated carbocycles. The van der Waals surface area contributed by atoms with Crippen molar-refractivity contribution in [3.8, 4) is 5.75 Å². The molecule has 1 aromatic carbocycles. The summed E-state index contributed by atoms with van der Waals surface area (Å²) in [6.45, 7) is 1.94. The van der Waals surface area contributed by atoms with Gasteiger partial charge in [-0.2, -0.15) is 0 Å². The van der Waals surface area contributed by atoms with E-state index in [2.05, 4.69) is 5.32 Å². The third-order valence-corrected chi connectivity index (χ3v) is 2.68. The number of rotatable bonds is 7. The lowest BCUT2D eigenvalue weighted by atomic mass is 10.1. The molecule has 0 heterocycles. The Labute approximate surface area is 112 Å². The third kappa shape index (κ3) is 5.42. The number of carboxylic acids is 1. The first-order valence-corrected chi connectivity index (χ1v) is 6.19. The van der Waals surface area contributed by atoms with E-state index in [0.29, 0.717) is 30.7 Å². The minimum Gasteiger partial charge on any atom is -0.495 e. The molecule has 0 aliphatic carbocycles. The van der Waals surface area contributed by atoms with Gasteiger partial charge < -0.3 is 15.2 Å². The molecule has 5 heteroatoms. The van der Waals surface area contributed by atoms with Gasteiger partial charge in [-0.15, -0.1) is 0 Å². The van der Waals surface area contributed by atoms with Crippen molar-refractivity contribution >= 4 is 17.6 Å². The number of hydrogen-bond acceptors (Lipinski definition) is 3. The van der Waals surface area contributed by atoms with Gasteiger partial charge in [-0.25, -0.2) is 0 Å². The molecule has 0 spiro atoms. The average molecular weight is 265 g/mol. The third-order valence-electron chi connectivity index (χ3n) is 2.68. The summed E-state index contributed by atoms with van der Waals surface area (Å²) in [7, 11) is 1.55. The van der Waals surface area contributed by atoms with Crippen molar-refractivity contribution in [2.45, 2.75) is 32.6 Å². The quantitative estimate of drug-likeness (QED) is 0.743. The minimum absolute atomic E-state index is 0.0983.